The fraction of sp³-hybridized carbons (Fsp3) is 0.278. The number of anilines is 1. The second kappa shape index (κ2) is 4.92. The van der Waals surface area contributed by atoms with Gasteiger partial charge in [0.1, 0.15) is 6.17 Å². The fourth-order valence-corrected chi connectivity index (χ4v) is 2.55. The first kappa shape index (κ1) is 13.7. The molecule has 0 unspecified atom stereocenters. The monoisotopic (exact) mass is 280 g/mol. The lowest BCUT2D eigenvalue weighted by Crippen LogP contribution is -2.38. The minimum Gasteiger partial charge on any atom is -0.361 e. The highest BCUT2D eigenvalue weighted by Gasteiger charge is 2.24. The molecule has 2 aromatic rings. The number of carbonyl (C=O) groups is 1. The van der Waals surface area contributed by atoms with Crippen LogP contribution in [0.1, 0.15) is 48.4 Å². The van der Waals surface area contributed by atoms with Crippen molar-refractivity contribution in [2.75, 3.05) is 5.32 Å². The highest BCUT2D eigenvalue weighted by atomic mass is 16.2. The van der Waals surface area contributed by atoms with E-state index in [0.29, 0.717) is 5.56 Å². The van der Waals surface area contributed by atoms with Crippen molar-refractivity contribution in [3.63, 3.8) is 0 Å². The van der Waals surface area contributed by atoms with Gasteiger partial charge in [0, 0.05) is 5.69 Å². The number of hydrogen-bond donors (Lipinski definition) is 2. The highest BCUT2D eigenvalue weighted by Crippen LogP contribution is 2.28. The largest absolute Gasteiger partial charge is 0.361 e. The van der Waals surface area contributed by atoms with E-state index in [-0.39, 0.29) is 17.5 Å². The maximum atomic E-state index is 12.1. The lowest BCUT2D eigenvalue weighted by Gasteiger charge is -2.28. The van der Waals surface area contributed by atoms with Crippen LogP contribution in [0.4, 0.5) is 5.69 Å². The van der Waals surface area contributed by atoms with Crippen LogP contribution in [0.2, 0.25) is 0 Å². The van der Waals surface area contributed by atoms with Gasteiger partial charge in [0.15, 0.2) is 0 Å². The van der Waals surface area contributed by atoms with Crippen LogP contribution in [0, 0.1) is 0 Å². The number of carbonyl (C=O) groups excluding carboxylic acids is 1. The third kappa shape index (κ3) is 2.64. The number of para-hydroxylation sites is 1. The lowest BCUT2D eigenvalue weighted by molar-refractivity contribution is 0.0935. The molecule has 0 spiro atoms. The van der Waals surface area contributed by atoms with Crippen LogP contribution in [-0.4, -0.2) is 5.91 Å². The van der Waals surface area contributed by atoms with Gasteiger partial charge in [-0.05, 0) is 28.7 Å². The second-order valence-corrected chi connectivity index (χ2v) is 6.47. The van der Waals surface area contributed by atoms with E-state index >= 15 is 0 Å². The van der Waals surface area contributed by atoms with E-state index < -0.39 is 0 Å². The Labute approximate surface area is 125 Å². The van der Waals surface area contributed by atoms with E-state index in [9.17, 15) is 4.79 Å². The molecule has 1 heterocycles. The number of benzene rings is 2. The van der Waals surface area contributed by atoms with Crippen LogP contribution < -0.4 is 10.6 Å². The summed E-state index contributed by atoms with van der Waals surface area (Å²) in [5.41, 5.74) is 4.06. The maximum Gasteiger partial charge on any atom is 0.255 e. The molecule has 3 nitrogen and oxygen atoms in total. The Bertz CT molecular complexity index is 668. The molecule has 0 radical (unpaired) electrons. The average molecular weight is 280 g/mol. The van der Waals surface area contributed by atoms with E-state index in [4.69, 9.17) is 0 Å². The maximum absolute atomic E-state index is 12.1. The molecule has 108 valence electrons. The van der Waals surface area contributed by atoms with Gasteiger partial charge in [-0.15, -0.1) is 0 Å². The predicted octanol–water partition coefficient (Wildman–Crippen LogP) is 3.84. The molecule has 21 heavy (non-hydrogen) atoms. The van der Waals surface area contributed by atoms with Crippen molar-refractivity contribution in [3.8, 4) is 0 Å². The molecule has 1 aliphatic rings. The third-order valence-electron chi connectivity index (χ3n) is 3.86. The summed E-state index contributed by atoms with van der Waals surface area (Å²) in [7, 11) is 0. The van der Waals surface area contributed by atoms with Crippen molar-refractivity contribution in [2.45, 2.75) is 32.4 Å². The number of nitrogens with one attached hydrogen (secondary N) is 2. The molecule has 2 N–H and O–H groups in total. The Kier molecular flexibility index (Phi) is 3.20. The molecule has 0 bridgehead atoms. The van der Waals surface area contributed by atoms with Crippen LogP contribution in [0.3, 0.4) is 0 Å². The summed E-state index contributed by atoms with van der Waals surface area (Å²) in [5.74, 6) is -0.0331. The average Bonchev–Trinajstić information content (AvgIpc) is 2.46. The van der Waals surface area contributed by atoms with Gasteiger partial charge in [-0.25, -0.2) is 0 Å². The smallest absolute Gasteiger partial charge is 0.255 e. The SMILES string of the molecule is CC(C)(C)c1ccc([C@@H]2NC(=O)c3ccccc3N2)cc1. The number of fused-ring (bicyclic) bond motifs is 1. The van der Waals surface area contributed by atoms with Gasteiger partial charge in [0.05, 0.1) is 5.56 Å². The molecule has 1 atom stereocenters. The van der Waals surface area contributed by atoms with Crippen molar-refractivity contribution in [1.29, 1.82) is 0 Å². The Morgan fingerprint density at radius 3 is 2.24 bits per heavy atom. The van der Waals surface area contributed by atoms with E-state index in [1.54, 1.807) is 0 Å². The molecule has 2 aromatic carbocycles. The molecular formula is C18H20N2O. The number of amides is 1. The van der Waals surface area contributed by atoms with Crippen LogP contribution in [0.5, 0.6) is 0 Å². The Morgan fingerprint density at radius 1 is 0.905 bits per heavy atom. The van der Waals surface area contributed by atoms with Crippen molar-refractivity contribution >= 4 is 11.6 Å². The number of rotatable bonds is 1. The van der Waals surface area contributed by atoms with Crippen LogP contribution in [-0.2, 0) is 5.41 Å². The zero-order chi connectivity index (χ0) is 15.0. The molecule has 0 aromatic heterocycles. The first-order chi connectivity index (χ1) is 9.95. The van der Waals surface area contributed by atoms with Crippen LogP contribution >= 0.6 is 0 Å². The van der Waals surface area contributed by atoms with Crippen molar-refractivity contribution < 1.29 is 4.79 Å². The van der Waals surface area contributed by atoms with E-state index in [1.807, 2.05) is 24.3 Å². The first-order valence-electron chi connectivity index (χ1n) is 7.22. The zero-order valence-corrected chi connectivity index (χ0v) is 12.6. The molecule has 0 aliphatic carbocycles. The summed E-state index contributed by atoms with van der Waals surface area (Å²) in [6, 6.07) is 16.0. The van der Waals surface area contributed by atoms with E-state index in [1.165, 1.54) is 5.56 Å². The highest BCUT2D eigenvalue weighted by molar-refractivity contribution is 6.01. The van der Waals surface area contributed by atoms with Gasteiger partial charge >= 0.3 is 0 Å². The summed E-state index contributed by atoms with van der Waals surface area (Å²) in [6.07, 6.45) is -0.179. The second-order valence-electron chi connectivity index (χ2n) is 6.47. The molecule has 1 amide bonds. The molecule has 3 rings (SSSR count). The minimum absolute atomic E-state index is 0.0331. The van der Waals surface area contributed by atoms with Gasteiger partial charge < -0.3 is 10.6 Å². The zero-order valence-electron chi connectivity index (χ0n) is 12.6. The first-order valence-corrected chi connectivity index (χ1v) is 7.22. The van der Waals surface area contributed by atoms with E-state index in [0.717, 1.165) is 11.3 Å². The predicted molar refractivity (Wildman–Crippen MR) is 85.4 cm³/mol. The van der Waals surface area contributed by atoms with Gasteiger partial charge in [0.25, 0.3) is 5.91 Å². The van der Waals surface area contributed by atoms with Crippen molar-refractivity contribution in [3.05, 3.63) is 65.2 Å². The van der Waals surface area contributed by atoms with Crippen molar-refractivity contribution in [2.24, 2.45) is 0 Å². The summed E-state index contributed by atoms with van der Waals surface area (Å²) in [4.78, 5) is 12.1. The van der Waals surface area contributed by atoms with Gasteiger partial charge in [-0.3, -0.25) is 4.79 Å². The molecule has 1 aliphatic heterocycles. The van der Waals surface area contributed by atoms with E-state index in [2.05, 4.69) is 55.7 Å². The van der Waals surface area contributed by atoms with Gasteiger partial charge in [-0.2, -0.15) is 0 Å². The Balaban J connectivity index is 1.88. The molecule has 0 saturated heterocycles. The standard InChI is InChI=1S/C18H20N2O/c1-18(2,3)13-10-8-12(9-11-13)16-19-15-7-5-4-6-14(15)17(21)20-16/h4-11,16,19H,1-3H3,(H,20,21)/t16-/m0/s1. The minimum atomic E-state index is -0.179. The van der Waals surface area contributed by atoms with Crippen LogP contribution in [0.15, 0.2) is 48.5 Å². The summed E-state index contributed by atoms with van der Waals surface area (Å²) >= 11 is 0. The fourth-order valence-electron chi connectivity index (χ4n) is 2.55. The topological polar surface area (TPSA) is 41.1 Å². The Morgan fingerprint density at radius 2 is 1.57 bits per heavy atom. The molecule has 0 saturated carbocycles. The summed E-state index contributed by atoms with van der Waals surface area (Å²) in [5, 5.41) is 6.37. The van der Waals surface area contributed by atoms with Gasteiger partial charge in [-0.1, -0.05) is 57.2 Å². The number of hydrogen-bond acceptors (Lipinski definition) is 2. The van der Waals surface area contributed by atoms with Crippen LogP contribution in [0.25, 0.3) is 0 Å². The molecule has 3 heteroatoms. The summed E-state index contributed by atoms with van der Waals surface area (Å²) < 4.78 is 0. The summed E-state index contributed by atoms with van der Waals surface area (Å²) in [6.45, 7) is 6.58. The molecular weight excluding hydrogens is 260 g/mol. The third-order valence-corrected chi connectivity index (χ3v) is 3.86. The Hall–Kier alpha value is -2.29. The van der Waals surface area contributed by atoms with Crippen molar-refractivity contribution in [1.82, 2.24) is 5.32 Å². The normalized spacial score (nSPS) is 17.7. The molecule has 0 fully saturated rings. The quantitative estimate of drug-likeness (QED) is 0.833. The lowest BCUT2D eigenvalue weighted by atomic mass is 9.86. The van der Waals surface area contributed by atoms with Gasteiger partial charge in [0.2, 0.25) is 0 Å².